The molecule has 1 amide bonds. The van der Waals surface area contributed by atoms with E-state index in [2.05, 4.69) is 19.2 Å². The van der Waals surface area contributed by atoms with Gasteiger partial charge >= 0.3 is 5.97 Å². The lowest BCUT2D eigenvalue weighted by Gasteiger charge is -2.22. The molecule has 72 heavy (non-hydrogen) atoms. The van der Waals surface area contributed by atoms with E-state index in [1.807, 2.05) is 0 Å². The van der Waals surface area contributed by atoms with Gasteiger partial charge in [-0.2, -0.15) is 0 Å². The van der Waals surface area contributed by atoms with Crippen molar-refractivity contribution in [3.05, 3.63) is 0 Å². The number of ether oxygens (including phenoxy) is 1. The molecule has 0 rings (SSSR count). The van der Waals surface area contributed by atoms with Crippen LogP contribution in [0.3, 0.4) is 0 Å². The number of carbonyl (C=O) groups excluding carboxylic acids is 2. The number of aliphatic hydroxyl groups is 2. The molecular formula is C66H131NO5. The van der Waals surface area contributed by atoms with Gasteiger partial charge in [-0.25, -0.2) is 0 Å². The van der Waals surface area contributed by atoms with E-state index >= 15 is 0 Å². The van der Waals surface area contributed by atoms with Crippen molar-refractivity contribution in [3.63, 3.8) is 0 Å². The lowest BCUT2D eigenvalue weighted by molar-refractivity contribution is -0.143. The Kier molecular flexibility index (Phi) is 61.4. The first-order valence-electron chi connectivity index (χ1n) is 33.3. The van der Waals surface area contributed by atoms with Crippen LogP contribution < -0.4 is 5.32 Å². The molecule has 2 unspecified atom stereocenters. The minimum absolute atomic E-state index is 0.00995. The topological polar surface area (TPSA) is 95.9 Å². The first-order chi connectivity index (χ1) is 35.5. The number of aliphatic hydroxyl groups excluding tert-OH is 2. The Balaban J connectivity index is 3.39. The van der Waals surface area contributed by atoms with Gasteiger partial charge < -0.3 is 20.3 Å². The maximum atomic E-state index is 12.5. The SMILES string of the molecule is CCCCCCCCCCCCCCCCCCCCCCCCCC(O)C(CO)NC(=O)CCCCCCCCCCCCCCCCCCCOC(=O)CCCCCCCCCCCCCCCCC. The van der Waals surface area contributed by atoms with Gasteiger partial charge in [0.2, 0.25) is 5.91 Å². The van der Waals surface area contributed by atoms with Crippen molar-refractivity contribution in [1.82, 2.24) is 5.32 Å². The highest BCUT2D eigenvalue weighted by atomic mass is 16.5. The van der Waals surface area contributed by atoms with Crippen LogP contribution in [0, 0.1) is 0 Å². The van der Waals surface area contributed by atoms with Crippen molar-refractivity contribution < 1.29 is 24.5 Å². The molecule has 0 saturated heterocycles. The molecule has 0 aliphatic carbocycles. The highest BCUT2D eigenvalue weighted by Crippen LogP contribution is 2.19. The second kappa shape index (κ2) is 62.4. The Morgan fingerprint density at radius 3 is 0.847 bits per heavy atom. The third kappa shape index (κ3) is 58.1. The third-order valence-electron chi connectivity index (χ3n) is 15.9. The summed E-state index contributed by atoms with van der Waals surface area (Å²) in [7, 11) is 0. The summed E-state index contributed by atoms with van der Waals surface area (Å²) in [6.07, 6.45) is 74.1. The standard InChI is InChI=1S/C66H131NO5/c1-3-5-7-9-11-13-15-17-19-20-21-22-23-24-25-27-31-34-38-42-46-50-54-58-64(69)63(62-68)67-65(70)59-55-51-47-43-39-35-32-28-26-29-33-37-41-45-49-53-57-61-72-66(71)60-56-52-48-44-40-36-30-18-16-14-12-10-8-6-4-2/h63-64,68-69H,3-62H2,1-2H3,(H,67,70). The molecule has 0 fully saturated rings. The number of amides is 1. The van der Waals surface area contributed by atoms with Crippen molar-refractivity contribution in [2.24, 2.45) is 0 Å². The van der Waals surface area contributed by atoms with Gasteiger partial charge in [-0.05, 0) is 25.7 Å². The van der Waals surface area contributed by atoms with E-state index in [-0.39, 0.29) is 18.5 Å². The van der Waals surface area contributed by atoms with Gasteiger partial charge in [0.15, 0.2) is 0 Å². The zero-order valence-corrected chi connectivity index (χ0v) is 49.2. The van der Waals surface area contributed by atoms with Crippen molar-refractivity contribution in [1.29, 1.82) is 0 Å². The average Bonchev–Trinajstić information content (AvgIpc) is 3.38. The third-order valence-corrected chi connectivity index (χ3v) is 15.9. The van der Waals surface area contributed by atoms with Crippen LogP contribution in [-0.4, -0.2) is 47.4 Å². The van der Waals surface area contributed by atoms with Crippen molar-refractivity contribution >= 4 is 11.9 Å². The van der Waals surface area contributed by atoms with Gasteiger partial charge in [-0.15, -0.1) is 0 Å². The summed E-state index contributed by atoms with van der Waals surface area (Å²) in [5.41, 5.74) is 0. The molecule has 0 aromatic carbocycles. The normalized spacial score (nSPS) is 12.4. The first-order valence-corrected chi connectivity index (χ1v) is 33.3. The van der Waals surface area contributed by atoms with E-state index in [0.29, 0.717) is 25.9 Å². The molecule has 2 atom stereocenters. The van der Waals surface area contributed by atoms with Crippen LogP contribution in [0.1, 0.15) is 386 Å². The molecule has 430 valence electrons. The van der Waals surface area contributed by atoms with E-state index in [0.717, 1.165) is 38.5 Å². The van der Waals surface area contributed by atoms with Gasteiger partial charge in [-0.1, -0.05) is 348 Å². The van der Waals surface area contributed by atoms with Gasteiger partial charge in [0.1, 0.15) is 0 Å². The Morgan fingerprint density at radius 1 is 0.333 bits per heavy atom. The number of hydrogen-bond acceptors (Lipinski definition) is 5. The van der Waals surface area contributed by atoms with E-state index < -0.39 is 12.1 Å². The van der Waals surface area contributed by atoms with Crippen LogP contribution in [0.15, 0.2) is 0 Å². The Labute approximate surface area is 451 Å². The largest absolute Gasteiger partial charge is 0.466 e. The van der Waals surface area contributed by atoms with E-state index in [1.54, 1.807) is 0 Å². The molecule has 0 aliphatic heterocycles. The molecule has 0 aromatic heterocycles. The predicted octanol–water partition coefficient (Wildman–Crippen LogP) is 21.0. The predicted molar refractivity (Wildman–Crippen MR) is 315 cm³/mol. The van der Waals surface area contributed by atoms with Gasteiger partial charge in [0.05, 0.1) is 25.4 Å². The average molecular weight is 1020 g/mol. The number of carbonyl (C=O) groups is 2. The fraction of sp³-hybridized carbons (Fsp3) is 0.970. The van der Waals surface area contributed by atoms with Crippen LogP contribution in [0.2, 0.25) is 0 Å². The zero-order valence-electron chi connectivity index (χ0n) is 49.2. The lowest BCUT2D eigenvalue weighted by atomic mass is 10.0. The van der Waals surface area contributed by atoms with Crippen LogP contribution in [0.25, 0.3) is 0 Å². The van der Waals surface area contributed by atoms with Gasteiger partial charge in [-0.3, -0.25) is 9.59 Å². The highest BCUT2D eigenvalue weighted by Gasteiger charge is 2.20. The smallest absolute Gasteiger partial charge is 0.305 e. The van der Waals surface area contributed by atoms with Crippen LogP contribution >= 0.6 is 0 Å². The Hall–Kier alpha value is -1.14. The summed E-state index contributed by atoms with van der Waals surface area (Å²) < 4.78 is 5.49. The second-order valence-electron chi connectivity index (χ2n) is 23.2. The fourth-order valence-corrected chi connectivity index (χ4v) is 10.8. The number of rotatable bonds is 63. The fourth-order valence-electron chi connectivity index (χ4n) is 10.8. The van der Waals surface area contributed by atoms with Crippen LogP contribution in [0.5, 0.6) is 0 Å². The first kappa shape index (κ1) is 70.9. The molecule has 6 nitrogen and oxygen atoms in total. The molecule has 0 heterocycles. The van der Waals surface area contributed by atoms with E-state index in [9.17, 15) is 19.8 Å². The minimum Gasteiger partial charge on any atom is -0.466 e. The quantitative estimate of drug-likeness (QED) is 0.0417. The molecule has 6 heteroatoms. The van der Waals surface area contributed by atoms with Crippen molar-refractivity contribution in [2.45, 2.75) is 398 Å². The summed E-state index contributed by atoms with van der Waals surface area (Å²) in [6, 6.07) is -0.545. The number of nitrogens with one attached hydrogen (secondary N) is 1. The summed E-state index contributed by atoms with van der Waals surface area (Å²) in [4.78, 5) is 24.6. The minimum atomic E-state index is -0.668. The van der Waals surface area contributed by atoms with Gasteiger partial charge in [0.25, 0.3) is 0 Å². The van der Waals surface area contributed by atoms with E-state index in [1.165, 1.54) is 315 Å². The van der Waals surface area contributed by atoms with Gasteiger partial charge in [0, 0.05) is 12.8 Å². The van der Waals surface area contributed by atoms with Crippen molar-refractivity contribution in [2.75, 3.05) is 13.2 Å². The molecule has 0 radical (unpaired) electrons. The maximum Gasteiger partial charge on any atom is 0.305 e. The molecule has 0 aliphatic rings. The Morgan fingerprint density at radius 2 is 0.569 bits per heavy atom. The molecule has 0 saturated carbocycles. The second-order valence-corrected chi connectivity index (χ2v) is 23.2. The summed E-state index contributed by atoms with van der Waals surface area (Å²) in [5, 5.41) is 23.4. The highest BCUT2D eigenvalue weighted by molar-refractivity contribution is 5.76. The molecule has 0 spiro atoms. The molecule has 0 bridgehead atoms. The van der Waals surface area contributed by atoms with Crippen LogP contribution in [-0.2, 0) is 14.3 Å². The van der Waals surface area contributed by atoms with E-state index in [4.69, 9.17) is 4.74 Å². The summed E-state index contributed by atoms with van der Waals surface area (Å²) in [5.74, 6) is -0.0248. The molecule has 0 aromatic rings. The van der Waals surface area contributed by atoms with Crippen LogP contribution in [0.4, 0.5) is 0 Å². The Bertz CT molecular complexity index is 1040. The maximum absolute atomic E-state index is 12.5. The summed E-state index contributed by atoms with van der Waals surface area (Å²) >= 11 is 0. The number of unbranched alkanes of at least 4 members (excludes halogenated alkanes) is 52. The number of esters is 1. The van der Waals surface area contributed by atoms with Crippen molar-refractivity contribution in [3.8, 4) is 0 Å². The monoisotopic (exact) mass is 1020 g/mol. The number of hydrogen-bond donors (Lipinski definition) is 3. The zero-order chi connectivity index (χ0) is 52.2. The summed E-state index contributed by atoms with van der Waals surface area (Å²) in [6.45, 7) is 4.99. The lowest BCUT2D eigenvalue weighted by Crippen LogP contribution is -2.45. The molecular weight excluding hydrogens is 887 g/mol. The molecule has 3 N–H and O–H groups in total.